The second-order valence-electron chi connectivity index (χ2n) is 3.65. The van der Waals surface area contributed by atoms with Crippen LogP contribution in [0.15, 0.2) is 0 Å². The lowest BCUT2D eigenvalue weighted by Gasteiger charge is -2.05. The van der Waals surface area contributed by atoms with Crippen molar-refractivity contribution in [3.8, 4) is 0 Å². The van der Waals surface area contributed by atoms with Gasteiger partial charge in [0.1, 0.15) is 0 Å². The van der Waals surface area contributed by atoms with E-state index in [0.717, 1.165) is 6.42 Å². The van der Waals surface area contributed by atoms with Gasteiger partial charge >= 0.3 is 0 Å². The molecule has 0 amide bonds. The first-order valence-electron chi connectivity index (χ1n) is 5.71. The second kappa shape index (κ2) is 10.9. The Bertz CT molecular complexity index is 255. The molecule has 17 heavy (non-hydrogen) atoms. The van der Waals surface area contributed by atoms with Crippen LogP contribution in [0.1, 0.15) is 19.3 Å². The van der Waals surface area contributed by atoms with Crippen LogP contribution in [-0.4, -0.2) is 54.3 Å². The smallest absolute Gasteiger partial charge is 0.209 e. The zero-order valence-corrected chi connectivity index (χ0v) is 11.2. The monoisotopic (exact) mass is 269 g/mol. The average Bonchev–Trinajstić information content (AvgIpc) is 2.24. The molecule has 0 saturated heterocycles. The molecule has 0 aromatic rings. The van der Waals surface area contributed by atoms with E-state index in [1.807, 2.05) is 0 Å². The molecular formula is C10H23NO5S. The number of sulfonamides is 1. The maximum Gasteiger partial charge on any atom is 0.209 e. The van der Waals surface area contributed by atoms with Crippen LogP contribution < -0.4 is 5.14 Å². The fourth-order valence-electron chi connectivity index (χ4n) is 1.13. The summed E-state index contributed by atoms with van der Waals surface area (Å²) in [5, 5.41) is 4.86. The number of hydrogen-bond acceptors (Lipinski definition) is 5. The highest BCUT2D eigenvalue weighted by atomic mass is 32.2. The summed E-state index contributed by atoms with van der Waals surface area (Å²) < 4.78 is 36.6. The molecule has 104 valence electrons. The summed E-state index contributed by atoms with van der Waals surface area (Å²) in [6.45, 7) is 3.00. The summed E-state index contributed by atoms with van der Waals surface area (Å²) in [5.41, 5.74) is 0. The van der Waals surface area contributed by atoms with Gasteiger partial charge in [0, 0.05) is 26.9 Å². The van der Waals surface area contributed by atoms with Gasteiger partial charge in [-0.25, -0.2) is 13.6 Å². The Labute approximate surface area is 103 Å². The van der Waals surface area contributed by atoms with Gasteiger partial charge in [0.2, 0.25) is 10.0 Å². The molecule has 0 aromatic carbocycles. The van der Waals surface area contributed by atoms with Gasteiger partial charge in [0.15, 0.2) is 0 Å². The van der Waals surface area contributed by atoms with E-state index in [1.165, 1.54) is 0 Å². The van der Waals surface area contributed by atoms with Crippen LogP contribution in [0.4, 0.5) is 0 Å². The van der Waals surface area contributed by atoms with Crippen molar-refractivity contribution >= 4 is 10.0 Å². The summed E-state index contributed by atoms with van der Waals surface area (Å²) in [6, 6.07) is 0. The molecule has 0 fully saturated rings. The molecule has 7 heteroatoms. The second-order valence-corrected chi connectivity index (χ2v) is 5.38. The molecule has 0 radical (unpaired) electrons. The number of methoxy groups -OCH3 is 1. The Balaban J connectivity index is 3.04. The molecule has 0 rings (SSSR count). The van der Waals surface area contributed by atoms with Gasteiger partial charge in [0.25, 0.3) is 0 Å². The number of ether oxygens (including phenoxy) is 3. The molecule has 0 saturated carbocycles. The van der Waals surface area contributed by atoms with Gasteiger partial charge in [-0.05, 0) is 19.3 Å². The predicted molar refractivity (Wildman–Crippen MR) is 65.3 cm³/mol. The van der Waals surface area contributed by atoms with Crippen LogP contribution in [0.5, 0.6) is 0 Å². The zero-order valence-electron chi connectivity index (χ0n) is 10.4. The van der Waals surface area contributed by atoms with E-state index in [2.05, 4.69) is 0 Å². The van der Waals surface area contributed by atoms with Gasteiger partial charge in [-0.2, -0.15) is 0 Å². The fraction of sp³-hybridized carbons (Fsp3) is 1.00. The summed E-state index contributed by atoms with van der Waals surface area (Å²) in [7, 11) is -1.67. The number of unbranched alkanes of at least 4 members (excludes halogenated alkanes) is 1. The van der Waals surface area contributed by atoms with E-state index in [4.69, 9.17) is 19.3 Å². The first kappa shape index (κ1) is 16.8. The van der Waals surface area contributed by atoms with Crippen LogP contribution in [0.2, 0.25) is 0 Å². The molecule has 0 spiro atoms. The summed E-state index contributed by atoms with van der Waals surface area (Å²) in [6.07, 6.45) is 2.11. The summed E-state index contributed by atoms with van der Waals surface area (Å²) >= 11 is 0. The zero-order chi connectivity index (χ0) is 13.0. The molecule has 0 aliphatic carbocycles. The third-order valence-corrected chi connectivity index (χ3v) is 2.83. The molecule has 0 atom stereocenters. The number of nitrogens with two attached hydrogens (primary N) is 1. The lowest BCUT2D eigenvalue weighted by atomic mass is 10.4. The maximum atomic E-state index is 10.6. The van der Waals surface area contributed by atoms with Gasteiger partial charge in [0.05, 0.1) is 19.0 Å². The van der Waals surface area contributed by atoms with Crippen LogP contribution in [0.25, 0.3) is 0 Å². The largest absolute Gasteiger partial charge is 0.385 e. The van der Waals surface area contributed by atoms with Crippen molar-refractivity contribution < 1.29 is 22.6 Å². The van der Waals surface area contributed by atoms with Crippen LogP contribution in [-0.2, 0) is 24.2 Å². The maximum absolute atomic E-state index is 10.6. The van der Waals surface area contributed by atoms with Crippen LogP contribution >= 0.6 is 0 Å². The minimum atomic E-state index is -3.33. The van der Waals surface area contributed by atoms with E-state index >= 15 is 0 Å². The third-order valence-electron chi connectivity index (χ3n) is 1.98. The first-order chi connectivity index (χ1) is 8.06. The van der Waals surface area contributed by atoms with Gasteiger partial charge in [-0.1, -0.05) is 0 Å². The predicted octanol–water partition coefficient (Wildman–Crippen LogP) is 0.125. The minimum Gasteiger partial charge on any atom is -0.385 e. The van der Waals surface area contributed by atoms with E-state index in [1.54, 1.807) is 7.11 Å². The fourth-order valence-corrected chi connectivity index (χ4v) is 1.74. The highest BCUT2D eigenvalue weighted by Gasteiger charge is 2.01. The topological polar surface area (TPSA) is 87.8 Å². The minimum absolute atomic E-state index is 0.0177. The lowest BCUT2D eigenvalue weighted by molar-refractivity contribution is 0.0391. The summed E-state index contributed by atoms with van der Waals surface area (Å²) in [5.74, 6) is 0.0177. The number of primary sulfonamides is 1. The molecule has 2 N–H and O–H groups in total. The Morgan fingerprint density at radius 3 is 2.00 bits per heavy atom. The summed E-state index contributed by atoms with van der Waals surface area (Å²) in [4.78, 5) is 0. The molecule has 0 heterocycles. The van der Waals surface area contributed by atoms with Gasteiger partial charge in [-0.15, -0.1) is 0 Å². The van der Waals surface area contributed by atoms with E-state index in [-0.39, 0.29) is 5.75 Å². The Hall–Kier alpha value is -0.210. The van der Waals surface area contributed by atoms with Crippen molar-refractivity contribution in [3.05, 3.63) is 0 Å². The van der Waals surface area contributed by atoms with E-state index in [0.29, 0.717) is 45.9 Å². The first-order valence-corrected chi connectivity index (χ1v) is 7.42. The van der Waals surface area contributed by atoms with Crippen LogP contribution in [0, 0.1) is 0 Å². The molecule has 0 aliphatic heterocycles. The number of rotatable bonds is 12. The lowest BCUT2D eigenvalue weighted by Crippen LogP contribution is -2.16. The van der Waals surface area contributed by atoms with Crippen molar-refractivity contribution in [2.45, 2.75) is 19.3 Å². The Morgan fingerprint density at radius 2 is 1.47 bits per heavy atom. The highest BCUT2D eigenvalue weighted by molar-refractivity contribution is 7.89. The standard InChI is InChI=1S/C10H23NO5S/c1-14-5-4-7-16-9-8-15-6-2-3-10-17(11,12)13/h2-10H2,1H3,(H2,11,12,13). The normalized spacial score (nSPS) is 11.9. The average molecular weight is 269 g/mol. The molecule has 0 aliphatic rings. The van der Waals surface area contributed by atoms with Crippen molar-refractivity contribution in [1.82, 2.24) is 0 Å². The molecular weight excluding hydrogens is 246 g/mol. The van der Waals surface area contributed by atoms with Crippen molar-refractivity contribution in [2.75, 3.05) is 45.9 Å². The van der Waals surface area contributed by atoms with E-state index < -0.39 is 10.0 Å². The quantitative estimate of drug-likeness (QED) is 0.509. The van der Waals surface area contributed by atoms with Crippen LogP contribution in [0.3, 0.4) is 0 Å². The molecule has 6 nitrogen and oxygen atoms in total. The van der Waals surface area contributed by atoms with E-state index in [9.17, 15) is 8.42 Å². The Morgan fingerprint density at radius 1 is 0.882 bits per heavy atom. The molecule has 0 aromatic heterocycles. The van der Waals surface area contributed by atoms with Crippen molar-refractivity contribution in [1.29, 1.82) is 0 Å². The third kappa shape index (κ3) is 15.8. The SMILES string of the molecule is COCCCOCCOCCCCS(N)(=O)=O. The Kier molecular flexibility index (Phi) is 10.8. The highest BCUT2D eigenvalue weighted by Crippen LogP contribution is 1.93. The van der Waals surface area contributed by atoms with Crippen molar-refractivity contribution in [2.24, 2.45) is 5.14 Å². The number of hydrogen-bond donors (Lipinski definition) is 1. The van der Waals surface area contributed by atoms with Gasteiger partial charge < -0.3 is 14.2 Å². The van der Waals surface area contributed by atoms with Crippen molar-refractivity contribution in [3.63, 3.8) is 0 Å². The molecule has 0 bridgehead atoms. The van der Waals surface area contributed by atoms with Gasteiger partial charge in [-0.3, -0.25) is 0 Å². The molecule has 0 unspecified atom stereocenters.